The Labute approximate surface area is 117 Å². The van der Waals surface area contributed by atoms with Crippen LogP contribution in [-0.4, -0.2) is 28.9 Å². The van der Waals surface area contributed by atoms with Gasteiger partial charge in [-0.15, -0.1) is 0 Å². The molecule has 1 aromatic heterocycles. The van der Waals surface area contributed by atoms with E-state index in [-0.39, 0.29) is 11.7 Å². The molecule has 1 amide bonds. The number of H-pyrrole nitrogens is 1. The molecule has 0 radical (unpaired) electrons. The van der Waals surface area contributed by atoms with Crippen LogP contribution in [0.2, 0.25) is 0 Å². The van der Waals surface area contributed by atoms with Gasteiger partial charge in [-0.1, -0.05) is 19.1 Å². The summed E-state index contributed by atoms with van der Waals surface area (Å²) in [6.45, 7) is 3.53. The maximum absolute atomic E-state index is 14.2. The fourth-order valence-electron chi connectivity index (χ4n) is 2.86. The molecule has 2 aromatic rings. The van der Waals surface area contributed by atoms with Crippen molar-refractivity contribution >= 4 is 16.8 Å². The number of carbonyl (C=O) groups is 1. The third kappa shape index (κ3) is 2.19. The number of benzene rings is 1. The van der Waals surface area contributed by atoms with Crippen LogP contribution in [0.25, 0.3) is 10.9 Å². The van der Waals surface area contributed by atoms with Gasteiger partial charge in [-0.05, 0) is 37.3 Å². The van der Waals surface area contributed by atoms with Crippen LogP contribution < -0.4 is 0 Å². The highest BCUT2D eigenvalue weighted by Crippen LogP contribution is 2.23. The smallest absolute Gasteiger partial charge is 0.270 e. The highest BCUT2D eigenvalue weighted by molar-refractivity contribution is 5.98. The van der Waals surface area contributed by atoms with Gasteiger partial charge in [-0.25, -0.2) is 4.39 Å². The number of carbonyl (C=O) groups excluding carboxylic acids is 1. The van der Waals surface area contributed by atoms with E-state index < -0.39 is 0 Å². The van der Waals surface area contributed by atoms with Crippen LogP contribution in [-0.2, 0) is 6.42 Å². The number of piperidine rings is 1. The minimum atomic E-state index is -0.234. The summed E-state index contributed by atoms with van der Waals surface area (Å²) >= 11 is 0. The Morgan fingerprint density at radius 1 is 1.30 bits per heavy atom. The predicted octanol–water partition coefficient (Wildman–Crippen LogP) is 3.50. The average Bonchev–Trinajstić information content (AvgIpc) is 2.93. The largest absolute Gasteiger partial charge is 0.348 e. The van der Waals surface area contributed by atoms with Gasteiger partial charge in [-0.3, -0.25) is 4.79 Å². The Morgan fingerprint density at radius 2 is 2.05 bits per heavy atom. The second-order valence-corrected chi connectivity index (χ2v) is 5.39. The topological polar surface area (TPSA) is 36.1 Å². The Morgan fingerprint density at radius 3 is 2.75 bits per heavy atom. The van der Waals surface area contributed by atoms with Gasteiger partial charge in [0.05, 0.1) is 5.52 Å². The minimum absolute atomic E-state index is 0.0154. The Bertz CT molecular complexity index is 641. The lowest BCUT2D eigenvalue weighted by Crippen LogP contribution is -2.35. The summed E-state index contributed by atoms with van der Waals surface area (Å²) in [4.78, 5) is 17.2. The fraction of sp³-hybridized carbons (Fsp3) is 0.438. The second kappa shape index (κ2) is 5.27. The zero-order chi connectivity index (χ0) is 14.1. The van der Waals surface area contributed by atoms with E-state index >= 15 is 0 Å². The average molecular weight is 274 g/mol. The number of halogens is 1. The van der Waals surface area contributed by atoms with Crippen molar-refractivity contribution in [2.24, 2.45) is 0 Å². The number of likely N-dealkylation sites (tertiary alicyclic amines) is 1. The molecular weight excluding hydrogens is 255 g/mol. The number of amides is 1. The van der Waals surface area contributed by atoms with Crippen molar-refractivity contribution in [2.75, 3.05) is 13.1 Å². The van der Waals surface area contributed by atoms with E-state index in [0.29, 0.717) is 23.2 Å². The van der Waals surface area contributed by atoms with E-state index in [2.05, 4.69) is 4.98 Å². The zero-order valence-electron chi connectivity index (χ0n) is 11.7. The molecular formula is C16H19FN2O. The van der Waals surface area contributed by atoms with Crippen LogP contribution in [0.1, 0.15) is 42.2 Å². The molecule has 1 saturated heterocycles. The normalized spacial score (nSPS) is 15.8. The summed E-state index contributed by atoms with van der Waals surface area (Å²) in [6, 6.07) is 5.43. The first kappa shape index (κ1) is 13.2. The van der Waals surface area contributed by atoms with Crippen LogP contribution in [0.15, 0.2) is 18.2 Å². The molecule has 3 rings (SSSR count). The van der Waals surface area contributed by atoms with E-state index in [9.17, 15) is 9.18 Å². The summed E-state index contributed by atoms with van der Waals surface area (Å²) in [5.74, 6) is -0.249. The molecule has 0 atom stereocenters. The number of fused-ring (bicyclic) bond motifs is 1. The predicted molar refractivity (Wildman–Crippen MR) is 77.4 cm³/mol. The quantitative estimate of drug-likeness (QED) is 0.894. The van der Waals surface area contributed by atoms with Crippen molar-refractivity contribution in [3.63, 3.8) is 0 Å². The highest BCUT2D eigenvalue weighted by Gasteiger charge is 2.20. The summed E-state index contributed by atoms with van der Waals surface area (Å²) < 4.78 is 14.2. The van der Waals surface area contributed by atoms with Gasteiger partial charge in [0.25, 0.3) is 5.91 Å². The molecule has 0 spiro atoms. The van der Waals surface area contributed by atoms with Crippen molar-refractivity contribution in [1.29, 1.82) is 0 Å². The fourth-order valence-corrected chi connectivity index (χ4v) is 2.86. The van der Waals surface area contributed by atoms with Gasteiger partial charge in [-0.2, -0.15) is 0 Å². The number of aromatic amines is 1. The number of hydrogen-bond donors (Lipinski definition) is 1. The van der Waals surface area contributed by atoms with Gasteiger partial charge >= 0.3 is 0 Å². The molecule has 1 N–H and O–H groups in total. The molecule has 1 aromatic carbocycles. The second-order valence-electron chi connectivity index (χ2n) is 5.39. The number of hydrogen-bond acceptors (Lipinski definition) is 1. The van der Waals surface area contributed by atoms with Crippen molar-refractivity contribution in [3.05, 3.63) is 35.3 Å². The van der Waals surface area contributed by atoms with Crippen LogP contribution >= 0.6 is 0 Å². The van der Waals surface area contributed by atoms with Crippen LogP contribution in [0.3, 0.4) is 0 Å². The van der Waals surface area contributed by atoms with Crippen LogP contribution in [0.5, 0.6) is 0 Å². The molecule has 1 aliphatic heterocycles. The van der Waals surface area contributed by atoms with E-state index in [1.165, 1.54) is 6.42 Å². The lowest BCUT2D eigenvalue weighted by Gasteiger charge is -2.26. The van der Waals surface area contributed by atoms with E-state index in [4.69, 9.17) is 0 Å². The monoisotopic (exact) mass is 274 g/mol. The molecule has 0 bridgehead atoms. The molecule has 0 unspecified atom stereocenters. The van der Waals surface area contributed by atoms with Crippen molar-refractivity contribution < 1.29 is 9.18 Å². The van der Waals surface area contributed by atoms with Crippen LogP contribution in [0, 0.1) is 5.82 Å². The number of rotatable bonds is 2. The van der Waals surface area contributed by atoms with E-state index in [0.717, 1.165) is 31.3 Å². The van der Waals surface area contributed by atoms with Gasteiger partial charge in [0, 0.05) is 18.5 Å². The molecule has 2 heterocycles. The zero-order valence-corrected chi connectivity index (χ0v) is 11.7. The maximum atomic E-state index is 14.2. The van der Waals surface area contributed by atoms with Crippen LogP contribution in [0.4, 0.5) is 4.39 Å². The Balaban J connectivity index is 1.96. The molecule has 0 aliphatic carbocycles. The SMILES string of the molecule is CCc1ccc2cc(C(=O)N3CCCCC3)[nH]c2c1F. The summed E-state index contributed by atoms with van der Waals surface area (Å²) in [5, 5.41) is 0.764. The number of nitrogens with one attached hydrogen (secondary N) is 1. The number of aromatic nitrogens is 1. The first-order chi connectivity index (χ1) is 9.70. The molecule has 3 nitrogen and oxygen atoms in total. The van der Waals surface area contributed by atoms with Crippen molar-refractivity contribution in [1.82, 2.24) is 9.88 Å². The van der Waals surface area contributed by atoms with Gasteiger partial charge in [0.15, 0.2) is 0 Å². The van der Waals surface area contributed by atoms with E-state index in [1.807, 2.05) is 17.9 Å². The molecule has 106 valence electrons. The maximum Gasteiger partial charge on any atom is 0.270 e. The summed E-state index contributed by atoms with van der Waals surface area (Å²) in [6.07, 6.45) is 3.95. The highest BCUT2D eigenvalue weighted by atomic mass is 19.1. The lowest BCUT2D eigenvalue weighted by molar-refractivity contribution is 0.0719. The standard InChI is InChI=1S/C16H19FN2O/c1-2-11-6-7-12-10-13(18-15(12)14(11)17)16(20)19-8-4-3-5-9-19/h6-7,10,18H,2-5,8-9H2,1H3. The minimum Gasteiger partial charge on any atom is -0.348 e. The molecule has 20 heavy (non-hydrogen) atoms. The number of aryl methyl sites for hydroxylation is 1. The lowest BCUT2D eigenvalue weighted by atomic mass is 10.1. The molecule has 1 fully saturated rings. The first-order valence-corrected chi connectivity index (χ1v) is 7.30. The third-order valence-electron chi connectivity index (χ3n) is 4.07. The third-order valence-corrected chi connectivity index (χ3v) is 4.07. The number of nitrogens with zero attached hydrogens (tertiary/aromatic N) is 1. The van der Waals surface area contributed by atoms with Crippen molar-refractivity contribution in [3.8, 4) is 0 Å². The Hall–Kier alpha value is -1.84. The van der Waals surface area contributed by atoms with Gasteiger partial charge in [0.1, 0.15) is 11.5 Å². The summed E-state index contributed by atoms with van der Waals surface area (Å²) in [7, 11) is 0. The molecule has 0 saturated carbocycles. The van der Waals surface area contributed by atoms with E-state index in [1.54, 1.807) is 12.1 Å². The summed E-state index contributed by atoms with van der Waals surface area (Å²) in [5.41, 5.74) is 1.62. The van der Waals surface area contributed by atoms with Crippen molar-refractivity contribution in [2.45, 2.75) is 32.6 Å². The molecule has 1 aliphatic rings. The van der Waals surface area contributed by atoms with Gasteiger partial charge < -0.3 is 9.88 Å². The van der Waals surface area contributed by atoms with Gasteiger partial charge in [0.2, 0.25) is 0 Å². The molecule has 4 heteroatoms. The first-order valence-electron chi connectivity index (χ1n) is 7.30. The Kier molecular flexibility index (Phi) is 3.47.